The normalized spacial score (nSPS) is 14.9. The Kier molecular flexibility index (Phi) is 5.20. The van der Waals surface area contributed by atoms with Gasteiger partial charge in [0.1, 0.15) is 11.5 Å². The van der Waals surface area contributed by atoms with E-state index in [0.29, 0.717) is 23.5 Å². The van der Waals surface area contributed by atoms with Gasteiger partial charge in [0.25, 0.3) is 0 Å². The molecule has 0 aliphatic rings. The van der Waals surface area contributed by atoms with Gasteiger partial charge in [0, 0.05) is 11.6 Å². The molecule has 4 heteroatoms. The highest BCUT2D eigenvalue weighted by molar-refractivity contribution is 5.41. The van der Waals surface area contributed by atoms with Crippen LogP contribution in [-0.2, 0) is 0 Å². The number of hydrogen-bond donors (Lipinski definition) is 2. The van der Waals surface area contributed by atoms with E-state index < -0.39 is 6.10 Å². The molecule has 19 heavy (non-hydrogen) atoms. The molecular weight excluding hydrogens is 242 g/mol. The van der Waals surface area contributed by atoms with Gasteiger partial charge in [-0.25, -0.2) is 0 Å². The quantitative estimate of drug-likeness (QED) is 0.860. The molecule has 0 fully saturated rings. The minimum atomic E-state index is -0.667. The van der Waals surface area contributed by atoms with E-state index in [1.165, 1.54) is 0 Å². The van der Waals surface area contributed by atoms with E-state index in [1.807, 2.05) is 0 Å². The molecule has 0 spiro atoms. The third-order valence-electron chi connectivity index (χ3n) is 3.39. The summed E-state index contributed by atoms with van der Waals surface area (Å²) in [5.41, 5.74) is 6.78. The molecule has 0 unspecified atom stereocenters. The Morgan fingerprint density at radius 3 is 2.32 bits per heavy atom. The van der Waals surface area contributed by atoms with Gasteiger partial charge in [0.15, 0.2) is 0 Å². The fourth-order valence-corrected chi connectivity index (χ4v) is 1.82. The average Bonchev–Trinajstić information content (AvgIpc) is 2.36. The monoisotopic (exact) mass is 267 g/mol. The predicted molar refractivity (Wildman–Crippen MR) is 76.6 cm³/mol. The van der Waals surface area contributed by atoms with Crippen LogP contribution in [0.25, 0.3) is 0 Å². The van der Waals surface area contributed by atoms with Gasteiger partial charge in [-0.15, -0.1) is 0 Å². The molecule has 0 saturated heterocycles. The highest BCUT2D eigenvalue weighted by Gasteiger charge is 2.25. The first-order valence-electron chi connectivity index (χ1n) is 6.45. The van der Waals surface area contributed by atoms with Crippen LogP contribution in [0.1, 0.15) is 38.9 Å². The Hall–Kier alpha value is -1.26. The van der Waals surface area contributed by atoms with Crippen molar-refractivity contribution < 1.29 is 14.6 Å². The third-order valence-corrected chi connectivity index (χ3v) is 3.39. The van der Waals surface area contributed by atoms with Crippen molar-refractivity contribution in [2.75, 3.05) is 14.2 Å². The molecular formula is C15H25NO3. The number of aliphatic hydroxyl groups excluding tert-OH is 1. The molecule has 0 bridgehead atoms. The largest absolute Gasteiger partial charge is 0.497 e. The lowest BCUT2D eigenvalue weighted by atomic mass is 9.83. The van der Waals surface area contributed by atoms with E-state index in [-0.39, 0.29) is 11.5 Å². The molecule has 0 radical (unpaired) electrons. The van der Waals surface area contributed by atoms with Crippen LogP contribution in [0.3, 0.4) is 0 Å². The smallest absolute Gasteiger partial charge is 0.124 e. The summed E-state index contributed by atoms with van der Waals surface area (Å²) in [6.45, 7) is 6.19. The molecule has 0 aliphatic carbocycles. The number of nitrogens with two attached hydrogens (primary N) is 1. The van der Waals surface area contributed by atoms with E-state index in [9.17, 15) is 5.11 Å². The summed E-state index contributed by atoms with van der Waals surface area (Å²) in [5.74, 6) is 1.34. The van der Waals surface area contributed by atoms with Gasteiger partial charge < -0.3 is 20.3 Å². The maximum Gasteiger partial charge on any atom is 0.124 e. The first-order chi connectivity index (χ1) is 8.79. The van der Waals surface area contributed by atoms with E-state index >= 15 is 0 Å². The number of hydrogen-bond acceptors (Lipinski definition) is 4. The highest BCUT2D eigenvalue weighted by Crippen LogP contribution is 2.33. The van der Waals surface area contributed by atoms with E-state index in [2.05, 4.69) is 20.8 Å². The van der Waals surface area contributed by atoms with Gasteiger partial charge in [0.05, 0.1) is 20.3 Å². The van der Waals surface area contributed by atoms with E-state index in [4.69, 9.17) is 15.2 Å². The zero-order valence-electron chi connectivity index (χ0n) is 12.4. The molecule has 0 saturated carbocycles. The summed E-state index contributed by atoms with van der Waals surface area (Å²) < 4.78 is 10.5. The van der Waals surface area contributed by atoms with Gasteiger partial charge in [-0.05, 0) is 30.0 Å². The van der Waals surface area contributed by atoms with Crippen molar-refractivity contribution in [2.45, 2.75) is 39.3 Å². The molecule has 0 aliphatic heterocycles. The lowest BCUT2D eigenvalue weighted by molar-refractivity contribution is 0.130. The lowest BCUT2D eigenvalue weighted by Crippen LogP contribution is -2.36. The zero-order chi connectivity index (χ0) is 14.6. The highest BCUT2D eigenvalue weighted by atomic mass is 16.5. The second-order valence-corrected chi connectivity index (χ2v) is 5.83. The van der Waals surface area contributed by atoms with Crippen LogP contribution in [0.5, 0.6) is 11.5 Å². The molecule has 2 atom stereocenters. The van der Waals surface area contributed by atoms with Crippen molar-refractivity contribution in [1.82, 2.24) is 0 Å². The third kappa shape index (κ3) is 4.11. The minimum absolute atomic E-state index is 0.0485. The number of ether oxygens (including phenoxy) is 2. The van der Waals surface area contributed by atoms with Crippen molar-refractivity contribution in [3.8, 4) is 11.5 Å². The summed E-state index contributed by atoms with van der Waals surface area (Å²) in [6, 6.07) is 5.29. The Labute approximate surface area is 115 Å². The number of rotatable bonds is 5. The molecule has 1 aromatic rings. The van der Waals surface area contributed by atoms with Crippen LogP contribution in [0.2, 0.25) is 0 Å². The number of benzene rings is 1. The Balaban J connectivity index is 2.94. The molecule has 1 aromatic carbocycles. The van der Waals surface area contributed by atoms with Crippen molar-refractivity contribution >= 4 is 0 Å². The van der Waals surface area contributed by atoms with Gasteiger partial charge >= 0.3 is 0 Å². The second-order valence-electron chi connectivity index (χ2n) is 5.83. The predicted octanol–water partition coefficient (Wildman–Crippen LogP) is 2.50. The average molecular weight is 267 g/mol. The first-order valence-corrected chi connectivity index (χ1v) is 6.45. The summed E-state index contributed by atoms with van der Waals surface area (Å²) in [6.07, 6.45) is -0.188. The minimum Gasteiger partial charge on any atom is -0.497 e. The maximum atomic E-state index is 10.4. The zero-order valence-corrected chi connectivity index (χ0v) is 12.4. The van der Waals surface area contributed by atoms with E-state index in [0.717, 1.165) is 0 Å². The first kappa shape index (κ1) is 15.8. The molecule has 0 amide bonds. The molecule has 1 rings (SSSR count). The SMILES string of the molecule is COc1ccc(OC)c([C@H](O)C[C@@H](N)C(C)(C)C)c1. The number of methoxy groups -OCH3 is 2. The molecule has 0 aromatic heterocycles. The summed E-state index contributed by atoms with van der Waals surface area (Å²) >= 11 is 0. The van der Waals surface area contributed by atoms with Crippen molar-refractivity contribution in [3.05, 3.63) is 23.8 Å². The van der Waals surface area contributed by atoms with Crippen LogP contribution in [-0.4, -0.2) is 25.4 Å². The molecule has 3 N–H and O–H groups in total. The number of aliphatic hydroxyl groups is 1. The fourth-order valence-electron chi connectivity index (χ4n) is 1.82. The van der Waals surface area contributed by atoms with Crippen molar-refractivity contribution in [3.63, 3.8) is 0 Å². The van der Waals surface area contributed by atoms with E-state index in [1.54, 1.807) is 32.4 Å². The molecule has 4 nitrogen and oxygen atoms in total. The molecule has 0 heterocycles. The second kappa shape index (κ2) is 6.26. The van der Waals surface area contributed by atoms with Crippen LogP contribution >= 0.6 is 0 Å². The van der Waals surface area contributed by atoms with Gasteiger partial charge in [-0.3, -0.25) is 0 Å². The van der Waals surface area contributed by atoms with Crippen LogP contribution in [0, 0.1) is 5.41 Å². The van der Waals surface area contributed by atoms with Crippen LogP contribution < -0.4 is 15.2 Å². The Bertz CT molecular complexity index is 412. The van der Waals surface area contributed by atoms with Crippen molar-refractivity contribution in [2.24, 2.45) is 11.1 Å². The van der Waals surface area contributed by atoms with Crippen molar-refractivity contribution in [1.29, 1.82) is 0 Å². The fraction of sp³-hybridized carbons (Fsp3) is 0.600. The Morgan fingerprint density at radius 2 is 1.84 bits per heavy atom. The van der Waals surface area contributed by atoms with Crippen LogP contribution in [0.15, 0.2) is 18.2 Å². The summed E-state index contributed by atoms with van der Waals surface area (Å²) in [7, 11) is 3.18. The van der Waals surface area contributed by atoms with Gasteiger partial charge in [0.2, 0.25) is 0 Å². The van der Waals surface area contributed by atoms with Gasteiger partial charge in [-0.1, -0.05) is 20.8 Å². The summed E-state index contributed by atoms with van der Waals surface area (Å²) in [5, 5.41) is 10.4. The van der Waals surface area contributed by atoms with Gasteiger partial charge in [-0.2, -0.15) is 0 Å². The Morgan fingerprint density at radius 1 is 1.21 bits per heavy atom. The lowest BCUT2D eigenvalue weighted by Gasteiger charge is -2.29. The molecule has 108 valence electrons. The standard InChI is InChI=1S/C15H25NO3/c1-15(2,3)14(16)9-12(17)11-8-10(18-4)6-7-13(11)19-5/h6-8,12,14,17H,9,16H2,1-5H3/t12-,14-/m1/s1. The van der Waals surface area contributed by atoms with Crippen LogP contribution in [0.4, 0.5) is 0 Å². The summed E-state index contributed by atoms with van der Waals surface area (Å²) in [4.78, 5) is 0. The topological polar surface area (TPSA) is 64.7 Å². The maximum absolute atomic E-state index is 10.4.